The Kier molecular flexibility index (Phi) is 3.31. The molecule has 116 valence electrons. The van der Waals surface area contributed by atoms with E-state index < -0.39 is 0 Å². The van der Waals surface area contributed by atoms with Crippen molar-refractivity contribution >= 4 is 16.6 Å². The van der Waals surface area contributed by atoms with Crippen molar-refractivity contribution in [2.45, 2.75) is 0 Å². The van der Waals surface area contributed by atoms with Crippen LogP contribution in [0.15, 0.2) is 78.9 Å². The second-order valence-electron chi connectivity index (χ2n) is 5.42. The van der Waals surface area contributed by atoms with E-state index in [-0.39, 0.29) is 10.6 Å². The first-order valence-electron chi connectivity index (χ1n) is 7.52. The standard InChI is InChI=1S/C19H13N3O2/c23-22(24)16-11-12-18-17(13-16)19(14-7-3-1-4-8-14)21(20-18)15-9-5-2-6-10-15/h1-13H. The molecule has 24 heavy (non-hydrogen) atoms. The highest BCUT2D eigenvalue weighted by Gasteiger charge is 2.17. The molecular formula is C19H13N3O2. The van der Waals surface area contributed by atoms with Crippen molar-refractivity contribution in [3.63, 3.8) is 0 Å². The van der Waals surface area contributed by atoms with Crippen molar-refractivity contribution in [2.75, 3.05) is 0 Å². The molecule has 5 heteroatoms. The lowest BCUT2D eigenvalue weighted by Crippen LogP contribution is -1.98. The minimum atomic E-state index is -0.381. The van der Waals surface area contributed by atoms with Gasteiger partial charge in [-0.1, -0.05) is 48.5 Å². The van der Waals surface area contributed by atoms with Crippen LogP contribution in [-0.2, 0) is 0 Å². The predicted molar refractivity (Wildman–Crippen MR) is 93.2 cm³/mol. The van der Waals surface area contributed by atoms with Crippen LogP contribution in [0.1, 0.15) is 0 Å². The molecule has 4 rings (SSSR count). The van der Waals surface area contributed by atoms with E-state index in [0.717, 1.165) is 27.8 Å². The Morgan fingerprint density at radius 2 is 1.54 bits per heavy atom. The molecule has 0 radical (unpaired) electrons. The van der Waals surface area contributed by atoms with Gasteiger partial charge in [-0.25, -0.2) is 4.68 Å². The van der Waals surface area contributed by atoms with E-state index >= 15 is 0 Å². The predicted octanol–water partition coefficient (Wildman–Crippen LogP) is 4.60. The van der Waals surface area contributed by atoms with Gasteiger partial charge in [0.1, 0.15) is 0 Å². The van der Waals surface area contributed by atoms with E-state index in [1.807, 2.05) is 65.3 Å². The van der Waals surface area contributed by atoms with Crippen LogP contribution in [0, 0.1) is 10.1 Å². The smallest absolute Gasteiger partial charge is 0.258 e. The summed E-state index contributed by atoms with van der Waals surface area (Å²) in [7, 11) is 0. The van der Waals surface area contributed by atoms with Crippen LogP contribution < -0.4 is 0 Å². The fourth-order valence-electron chi connectivity index (χ4n) is 2.82. The summed E-state index contributed by atoms with van der Waals surface area (Å²) in [6.07, 6.45) is 0. The van der Waals surface area contributed by atoms with Gasteiger partial charge in [0, 0.05) is 23.1 Å². The number of nitro groups is 1. The average molecular weight is 315 g/mol. The Hall–Kier alpha value is -3.47. The summed E-state index contributed by atoms with van der Waals surface area (Å²) in [5.74, 6) is 0. The van der Waals surface area contributed by atoms with E-state index in [2.05, 4.69) is 5.10 Å². The van der Waals surface area contributed by atoms with Crippen molar-refractivity contribution in [3.05, 3.63) is 89.0 Å². The fourth-order valence-corrected chi connectivity index (χ4v) is 2.82. The van der Waals surface area contributed by atoms with Crippen molar-refractivity contribution in [2.24, 2.45) is 0 Å². The number of para-hydroxylation sites is 1. The molecule has 0 aliphatic heterocycles. The first-order valence-corrected chi connectivity index (χ1v) is 7.52. The molecule has 0 fully saturated rings. The van der Waals surface area contributed by atoms with Gasteiger partial charge >= 0.3 is 0 Å². The molecule has 0 atom stereocenters. The highest BCUT2D eigenvalue weighted by atomic mass is 16.6. The first kappa shape index (κ1) is 14.1. The van der Waals surface area contributed by atoms with Crippen molar-refractivity contribution in [1.82, 2.24) is 9.78 Å². The molecule has 1 aromatic heterocycles. The van der Waals surface area contributed by atoms with Crippen LogP contribution in [-0.4, -0.2) is 14.7 Å². The number of rotatable bonds is 3. The van der Waals surface area contributed by atoms with Crippen LogP contribution in [0.2, 0.25) is 0 Å². The van der Waals surface area contributed by atoms with Gasteiger partial charge in [-0.15, -0.1) is 0 Å². The van der Waals surface area contributed by atoms with Crippen LogP contribution in [0.3, 0.4) is 0 Å². The minimum Gasteiger partial charge on any atom is -0.258 e. The molecule has 3 aromatic carbocycles. The molecule has 0 bridgehead atoms. The molecule has 0 aliphatic carbocycles. The van der Waals surface area contributed by atoms with E-state index in [4.69, 9.17) is 0 Å². The summed E-state index contributed by atoms with van der Waals surface area (Å²) in [4.78, 5) is 10.8. The second kappa shape index (κ2) is 5.62. The quantitative estimate of drug-likeness (QED) is 0.410. The number of nitro benzene ring substituents is 1. The highest BCUT2D eigenvalue weighted by molar-refractivity contribution is 5.95. The summed E-state index contributed by atoms with van der Waals surface area (Å²) < 4.78 is 1.84. The molecule has 5 nitrogen and oxygen atoms in total. The Morgan fingerprint density at radius 3 is 2.21 bits per heavy atom. The van der Waals surface area contributed by atoms with E-state index in [1.54, 1.807) is 12.1 Å². The number of nitrogens with zero attached hydrogens (tertiary/aromatic N) is 3. The zero-order valence-electron chi connectivity index (χ0n) is 12.7. The number of aromatic nitrogens is 2. The van der Waals surface area contributed by atoms with Crippen molar-refractivity contribution < 1.29 is 4.92 Å². The van der Waals surface area contributed by atoms with Crippen molar-refractivity contribution in [3.8, 4) is 16.9 Å². The lowest BCUT2D eigenvalue weighted by atomic mass is 10.1. The number of hydrogen-bond donors (Lipinski definition) is 0. The molecule has 4 aromatic rings. The third-order valence-electron chi connectivity index (χ3n) is 3.91. The maximum Gasteiger partial charge on any atom is 0.270 e. The van der Waals surface area contributed by atoms with Gasteiger partial charge in [0.15, 0.2) is 0 Å². The zero-order valence-corrected chi connectivity index (χ0v) is 12.7. The maximum atomic E-state index is 11.1. The Balaban J connectivity index is 2.07. The third kappa shape index (κ3) is 2.32. The molecule has 1 heterocycles. The normalized spacial score (nSPS) is 10.8. The monoisotopic (exact) mass is 315 g/mol. The molecule has 0 saturated carbocycles. The summed E-state index contributed by atoms with van der Waals surface area (Å²) in [6, 6.07) is 24.3. The van der Waals surface area contributed by atoms with Crippen LogP contribution in [0.5, 0.6) is 0 Å². The lowest BCUT2D eigenvalue weighted by molar-refractivity contribution is -0.384. The van der Waals surface area contributed by atoms with Gasteiger partial charge in [0.2, 0.25) is 0 Å². The number of fused-ring (bicyclic) bond motifs is 1. The summed E-state index contributed by atoms with van der Waals surface area (Å²) in [5, 5.41) is 16.6. The second-order valence-corrected chi connectivity index (χ2v) is 5.42. The molecule has 0 aliphatic rings. The molecule has 0 spiro atoms. The van der Waals surface area contributed by atoms with E-state index in [0.29, 0.717) is 0 Å². The van der Waals surface area contributed by atoms with Gasteiger partial charge in [0.05, 0.1) is 21.8 Å². The SMILES string of the molecule is O=[N+]([O-])c1ccc2nn(-c3ccccc3)c(-c3ccccc3)c2c1. The molecule has 0 N–H and O–H groups in total. The Labute approximate surface area is 137 Å². The zero-order chi connectivity index (χ0) is 16.5. The van der Waals surface area contributed by atoms with Gasteiger partial charge < -0.3 is 0 Å². The highest BCUT2D eigenvalue weighted by Crippen LogP contribution is 2.33. The molecule has 0 unspecified atom stereocenters. The molecule has 0 amide bonds. The first-order chi connectivity index (χ1) is 11.7. The van der Waals surface area contributed by atoms with E-state index in [9.17, 15) is 10.1 Å². The number of non-ortho nitro benzene ring substituents is 1. The molecule has 0 saturated heterocycles. The topological polar surface area (TPSA) is 61.0 Å². The van der Waals surface area contributed by atoms with Crippen LogP contribution in [0.4, 0.5) is 5.69 Å². The van der Waals surface area contributed by atoms with Gasteiger partial charge in [-0.3, -0.25) is 10.1 Å². The molecular weight excluding hydrogens is 302 g/mol. The summed E-state index contributed by atoms with van der Waals surface area (Å²) in [5.41, 5.74) is 3.51. The van der Waals surface area contributed by atoms with Gasteiger partial charge in [-0.2, -0.15) is 5.10 Å². The van der Waals surface area contributed by atoms with Gasteiger partial charge in [0.25, 0.3) is 5.69 Å². The Bertz CT molecular complexity index is 1020. The van der Waals surface area contributed by atoms with Crippen LogP contribution in [0.25, 0.3) is 27.8 Å². The number of hydrogen-bond acceptors (Lipinski definition) is 3. The van der Waals surface area contributed by atoms with E-state index in [1.165, 1.54) is 6.07 Å². The summed E-state index contributed by atoms with van der Waals surface area (Å²) in [6.45, 7) is 0. The van der Waals surface area contributed by atoms with Crippen LogP contribution >= 0.6 is 0 Å². The largest absolute Gasteiger partial charge is 0.270 e. The lowest BCUT2D eigenvalue weighted by Gasteiger charge is -2.08. The third-order valence-corrected chi connectivity index (χ3v) is 3.91. The Morgan fingerprint density at radius 1 is 0.875 bits per heavy atom. The fraction of sp³-hybridized carbons (Fsp3) is 0. The average Bonchev–Trinajstić information content (AvgIpc) is 3.01. The summed E-state index contributed by atoms with van der Waals surface area (Å²) >= 11 is 0. The van der Waals surface area contributed by atoms with Crippen molar-refractivity contribution in [1.29, 1.82) is 0 Å². The minimum absolute atomic E-state index is 0.0623. The maximum absolute atomic E-state index is 11.1. The number of benzene rings is 3. The van der Waals surface area contributed by atoms with Gasteiger partial charge in [-0.05, 0) is 18.2 Å².